The molecule has 0 aliphatic heterocycles. The Bertz CT molecular complexity index is 713. The highest BCUT2D eigenvalue weighted by molar-refractivity contribution is 6.31. The number of nitrogens with zero attached hydrogens (tertiary/aromatic N) is 1. The minimum atomic E-state index is -0.773. The molecular weight excluding hydrogens is 431 g/mol. The van der Waals surface area contributed by atoms with Crippen molar-refractivity contribution in [2.75, 3.05) is 12.4 Å². The number of nitrogens with one attached hydrogen (secondary N) is 1. The highest BCUT2D eigenvalue weighted by Gasteiger charge is 2.35. The van der Waals surface area contributed by atoms with Crippen molar-refractivity contribution in [1.82, 2.24) is 10.2 Å². The van der Waals surface area contributed by atoms with Gasteiger partial charge >= 0.3 is 0 Å². The second-order valence-corrected chi connectivity index (χ2v) is 9.57. The summed E-state index contributed by atoms with van der Waals surface area (Å²) in [6.45, 7) is 7.00. The van der Waals surface area contributed by atoms with Gasteiger partial charge in [-0.25, -0.2) is 0 Å². The molecule has 1 N–H and O–H groups in total. The van der Waals surface area contributed by atoms with Gasteiger partial charge in [0.05, 0.1) is 0 Å². The molecule has 0 radical (unpaired) electrons. The van der Waals surface area contributed by atoms with Crippen LogP contribution in [0.3, 0.4) is 0 Å². The van der Waals surface area contributed by atoms with Gasteiger partial charge in [0.15, 0.2) is 0 Å². The first-order chi connectivity index (χ1) is 14.9. The van der Waals surface area contributed by atoms with Crippen LogP contribution in [0.4, 0.5) is 0 Å². The van der Waals surface area contributed by atoms with Crippen molar-refractivity contribution in [1.29, 1.82) is 0 Å². The fourth-order valence-electron chi connectivity index (χ4n) is 4.56. The fraction of sp³-hybridized carbons (Fsp3) is 0.680. The summed E-state index contributed by atoms with van der Waals surface area (Å²) < 4.78 is 0. The van der Waals surface area contributed by atoms with E-state index in [1.54, 1.807) is 11.0 Å². The number of halogens is 2. The van der Waals surface area contributed by atoms with Crippen LogP contribution in [0.15, 0.2) is 24.3 Å². The van der Waals surface area contributed by atoms with Crippen molar-refractivity contribution in [3.63, 3.8) is 0 Å². The predicted octanol–water partition coefficient (Wildman–Crippen LogP) is 6.36. The van der Waals surface area contributed by atoms with Crippen LogP contribution in [-0.4, -0.2) is 35.2 Å². The number of amides is 2. The van der Waals surface area contributed by atoms with Crippen LogP contribution in [0.5, 0.6) is 0 Å². The van der Waals surface area contributed by atoms with Crippen molar-refractivity contribution in [2.24, 2.45) is 11.8 Å². The summed E-state index contributed by atoms with van der Waals surface area (Å²) >= 11 is 12.5. The van der Waals surface area contributed by atoms with Crippen LogP contribution < -0.4 is 5.32 Å². The predicted molar refractivity (Wildman–Crippen MR) is 129 cm³/mol. The van der Waals surface area contributed by atoms with Crippen LogP contribution in [0.2, 0.25) is 5.02 Å². The van der Waals surface area contributed by atoms with Crippen LogP contribution >= 0.6 is 23.2 Å². The van der Waals surface area contributed by atoms with Crippen molar-refractivity contribution >= 4 is 35.0 Å². The van der Waals surface area contributed by atoms with Crippen molar-refractivity contribution in [3.05, 3.63) is 34.9 Å². The molecule has 1 aliphatic rings. The van der Waals surface area contributed by atoms with E-state index in [1.165, 1.54) is 6.42 Å². The Morgan fingerprint density at radius 3 is 2.52 bits per heavy atom. The molecule has 4 unspecified atom stereocenters. The lowest BCUT2D eigenvalue weighted by atomic mass is 9.85. The van der Waals surface area contributed by atoms with E-state index < -0.39 is 6.04 Å². The number of carbonyl (C=O) groups is 2. The van der Waals surface area contributed by atoms with Gasteiger partial charge in [-0.2, -0.15) is 0 Å². The molecule has 1 aliphatic carbocycles. The second-order valence-electron chi connectivity index (χ2n) is 8.90. The minimum absolute atomic E-state index is 0.126. The third-order valence-corrected chi connectivity index (χ3v) is 7.20. The van der Waals surface area contributed by atoms with E-state index in [1.807, 2.05) is 18.2 Å². The lowest BCUT2D eigenvalue weighted by Gasteiger charge is -2.36. The molecule has 4 atom stereocenters. The van der Waals surface area contributed by atoms with Crippen LogP contribution in [-0.2, 0) is 9.59 Å². The molecule has 1 aromatic carbocycles. The molecule has 1 fully saturated rings. The van der Waals surface area contributed by atoms with Gasteiger partial charge < -0.3 is 10.2 Å². The molecule has 0 saturated heterocycles. The molecule has 6 heteroatoms. The van der Waals surface area contributed by atoms with Gasteiger partial charge in [-0.3, -0.25) is 9.59 Å². The number of hydrogen-bond acceptors (Lipinski definition) is 2. The van der Waals surface area contributed by atoms with E-state index in [4.69, 9.17) is 23.2 Å². The molecule has 2 rings (SSSR count). The molecule has 0 bridgehead atoms. The van der Waals surface area contributed by atoms with Gasteiger partial charge in [0, 0.05) is 23.2 Å². The number of benzene rings is 1. The van der Waals surface area contributed by atoms with E-state index >= 15 is 0 Å². The Morgan fingerprint density at radius 1 is 1.19 bits per heavy atom. The highest BCUT2D eigenvalue weighted by atomic mass is 35.5. The SMILES string of the molecule is CCCCC(CC)CN(C(=O)CCl)C(C(=O)NC1CCCCC1C)c1ccccc1Cl. The van der Waals surface area contributed by atoms with Gasteiger partial charge in [-0.05, 0) is 37.2 Å². The number of rotatable bonds is 11. The Labute approximate surface area is 198 Å². The summed E-state index contributed by atoms with van der Waals surface area (Å²) in [5.74, 6) is 0.204. The van der Waals surface area contributed by atoms with Gasteiger partial charge in [0.2, 0.25) is 11.8 Å². The molecule has 4 nitrogen and oxygen atoms in total. The zero-order chi connectivity index (χ0) is 22.8. The maximum absolute atomic E-state index is 13.6. The Morgan fingerprint density at radius 2 is 1.90 bits per heavy atom. The second kappa shape index (κ2) is 13.3. The van der Waals surface area contributed by atoms with Gasteiger partial charge in [0.1, 0.15) is 11.9 Å². The molecule has 0 heterocycles. The summed E-state index contributed by atoms with van der Waals surface area (Å²) in [4.78, 5) is 28.3. The van der Waals surface area contributed by atoms with Crippen LogP contribution in [0.25, 0.3) is 0 Å². The standard InChI is InChI=1S/C25H38Cl2N2O2/c1-4-6-12-19(5-2)17-29(23(30)16-26)24(20-13-8-9-14-21(20)27)25(31)28-22-15-10-7-11-18(22)3/h8-9,13-14,18-19,22,24H,4-7,10-12,15-17H2,1-3H3,(H,28,31). The lowest BCUT2D eigenvalue weighted by molar-refractivity contribution is -0.140. The largest absolute Gasteiger partial charge is 0.351 e. The third kappa shape index (κ3) is 7.39. The summed E-state index contributed by atoms with van der Waals surface area (Å²) in [6, 6.07) is 6.68. The molecule has 1 saturated carbocycles. The van der Waals surface area contributed by atoms with Crippen LogP contribution in [0.1, 0.15) is 83.7 Å². The smallest absolute Gasteiger partial charge is 0.247 e. The highest BCUT2D eigenvalue weighted by Crippen LogP contribution is 2.31. The molecule has 0 spiro atoms. The van der Waals surface area contributed by atoms with E-state index in [0.717, 1.165) is 44.9 Å². The molecular formula is C25H38Cl2N2O2. The minimum Gasteiger partial charge on any atom is -0.351 e. The van der Waals surface area contributed by atoms with Crippen LogP contribution in [0, 0.1) is 11.8 Å². The number of hydrogen-bond donors (Lipinski definition) is 1. The number of carbonyl (C=O) groups excluding carboxylic acids is 2. The molecule has 31 heavy (non-hydrogen) atoms. The zero-order valence-corrected chi connectivity index (χ0v) is 20.7. The monoisotopic (exact) mass is 468 g/mol. The first-order valence-electron chi connectivity index (χ1n) is 11.8. The van der Waals surface area contributed by atoms with Crippen molar-refractivity contribution in [3.8, 4) is 0 Å². The maximum atomic E-state index is 13.6. The maximum Gasteiger partial charge on any atom is 0.247 e. The molecule has 174 valence electrons. The van der Waals surface area contributed by atoms with Crippen molar-refractivity contribution < 1.29 is 9.59 Å². The average Bonchev–Trinajstić information content (AvgIpc) is 2.77. The van der Waals surface area contributed by atoms with E-state index in [0.29, 0.717) is 29.0 Å². The molecule has 0 aromatic heterocycles. The Hall–Kier alpha value is -1.26. The average molecular weight is 469 g/mol. The van der Waals surface area contributed by atoms with Gasteiger partial charge in [0.25, 0.3) is 0 Å². The van der Waals surface area contributed by atoms with E-state index in [2.05, 4.69) is 26.1 Å². The Kier molecular flexibility index (Phi) is 11.2. The van der Waals surface area contributed by atoms with E-state index in [9.17, 15) is 9.59 Å². The number of unbranched alkanes of at least 4 members (excludes halogenated alkanes) is 1. The Balaban J connectivity index is 2.38. The summed E-state index contributed by atoms with van der Waals surface area (Å²) in [6.07, 6.45) is 8.58. The molecule has 2 amide bonds. The lowest BCUT2D eigenvalue weighted by Crippen LogP contribution is -2.50. The van der Waals surface area contributed by atoms with E-state index in [-0.39, 0.29) is 23.7 Å². The summed E-state index contributed by atoms with van der Waals surface area (Å²) in [5.41, 5.74) is 0.661. The van der Waals surface area contributed by atoms with Crippen molar-refractivity contribution in [2.45, 2.75) is 84.2 Å². The molecule has 1 aromatic rings. The fourth-order valence-corrected chi connectivity index (χ4v) is 4.96. The van der Waals surface area contributed by atoms with Gasteiger partial charge in [-0.1, -0.05) is 82.7 Å². The van der Waals surface area contributed by atoms with Gasteiger partial charge in [-0.15, -0.1) is 11.6 Å². The third-order valence-electron chi connectivity index (χ3n) is 6.63. The quantitative estimate of drug-likeness (QED) is 0.384. The number of alkyl halides is 1. The topological polar surface area (TPSA) is 49.4 Å². The zero-order valence-electron chi connectivity index (χ0n) is 19.2. The summed E-state index contributed by atoms with van der Waals surface area (Å²) in [7, 11) is 0. The first-order valence-corrected chi connectivity index (χ1v) is 12.7. The normalized spacial score (nSPS) is 20.7. The first kappa shape index (κ1) is 26.0. The summed E-state index contributed by atoms with van der Waals surface area (Å²) in [5, 5.41) is 3.75.